The summed E-state index contributed by atoms with van der Waals surface area (Å²) in [5, 5.41) is 12.3. The summed E-state index contributed by atoms with van der Waals surface area (Å²) in [6.07, 6.45) is -2.68. The fraction of sp³-hybridized carbons (Fsp3) is 0.200. The van der Waals surface area contributed by atoms with E-state index < -0.39 is 24.3 Å². The highest BCUT2D eigenvalue weighted by atomic mass is 19.4. The summed E-state index contributed by atoms with van der Waals surface area (Å²) < 4.78 is 50.8. The predicted octanol–water partition coefficient (Wildman–Crippen LogP) is 1.92. The molecule has 2 aromatic heterocycles. The highest BCUT2D eigenvalue weighted by Crippen LogP contribution is 2.28. The average molecular weight is 261 g/mol. The summed E-state index contributed by atoms with van der Waals surface area (Å²) in [4.78, 5) is 3.61. The Kier molecular flexibility index (Phi) is 3.04. The van der Waals surface area contributed by atoms with Gasteiger partial charge in [-0.25, -0.2) is 14.1 Å². The molecule has 0 atom stereocenters. The van der Waals surface area contributed by atoms with Crippen molar-refractivity contribution in [2.24, 2.45) is 0 Å². The molecule has 0 saturated heterocycles. The van der Waals surface area contributed by atoms with E-state index >= 15 is 0 Å². The number of alkyl halides is 3. The van der Waals surface area contributed by atoms with Gasteiger partial charge in [0.1, 0.15) is 5.82 Å². The first-order chi connectivity index (χ1) is 8.41. The molecule has 2 aromatic rings. The van der Waals surface area contributed by atoms with Crippen molar-refractivity contribution in [3.63, 3.8) is 0 Å². The molecule has 4 nitrogen and oxygen atoms in total. The van der Waals surface area contributed by atoms with Crippen LogP contribution in [0.2, 0.25) is 0 Å². The van der Waals surface area contributed by atoms with Crippen LogP contribution >= 0.6 is 0 Å². The Balaban J connectivity index is 2.46. The van der Waals surface area contributed by atoms with Crippen molar-refractivity contribution in [2.45, 2.75) is 12.8 Å². The molecule has 18 heavy (non-hydrogen) atoms. The molecule has 0 saturated carbocycles. The second kappa shape index (κ2) is 4.37. The lowest BCUT2D eigenvalue weighted by Gasteiger charge is -2.06. The molecule has 0 aliphatic rings. The summed E-state index contributed by atoms with van der Waals surface area (Å²) >= 11 is 0. The molecule has 0 unspecified atom stereocenters. The number of hydrogen-bond acceptors (Lipinski definition) is 3. The van der Waals surface area contributed by atoms with Gasteiger partial charge in [0.2, 0.25) is 0 Å². The molecule has 0 spiro atoms. The van der Waals surface area contributed by atoms with Gasteiger partial charge in [-0.05, 0) is 12.1 Å². The summed E-state index contributed by atoms with van der Waals surface area (Å²) in [6, 6.07) is 1.75. The fourth-order valence-corrected chi connectivity index (χ4v) is 1.39. The van der Waals surface area contributed by atoms with Crippen LogP contribution in [0.4, 0.5) is 17.6 Å². The van der Waals surface area contributed by atoms with E-state index in [4.69, 9.17) is 5.11 Å². The highest BCUT2D eigenvalue weighted by Gasteiger charge is 2.33. The van der Waals surface area contributed by atoms with Gasteiger partial charge >= 0.3 is 6.18 Å². The van der Waals surface area contributed by atoms with Gasteiger partial charge in [-0.15, -0.1) is 0 Å². The molecular weight excluding hydrogens is 254 g/mol. The van der Waals surface area contributed by atoms with E-state index in [1.54, 1.807) is 0 Å². The van der Waals surface area contributed by atoms with E-state index in [9.17, 15) is 17.6 Å². The minimum atomic E-state index is -4.56. The van der Waals surface area contributed by atoms with Gasteiger partial charge in [0, 0.05) is 11.8 Å². The van der Waals surface area contributed by atoms with Gasteiger partial charge in [-0.2, -0.15) is 18.3 Å². The molecule has 0 aliphatic carbocycles. The standard InChI is InChI=1S/C10H7F4N3O/c11-7-3-6(5-18)9(15-4-7)17-2-1-8(16-17)10(12,13)14/h1-4,18H,5H2. The quantitative estimate of drug-likeness (QED) is 0.840. The van der Waals surface area contributed by atoms with Crippen LogP contribution < -0.4 is 0 Å². The lowest BCUT2D eigenvalue weighted by Crippen LogP contribution is -2.09. The van der Waals surface area contributed by atoms with Gasteiger partial charge < -0.3 is 5.11 Å². The van der Waals surface area contributed by atoms with Crippen LogP contribution in [0.1, 0.15) is 11.3 Å². The predicted molar refractivity (Wildman–Crippen MR) is 52.2 cm³/mol. The Morgan fingerprint density at radius 2 is 2.06 bits per heavy atom. The number of aromatic nitrogens is 3. The number of rotatable bonds is 2. The molecule has 0 aromatic carbocycles. The number of pyridine rings is 1. The lowest BCUT2D eigenvalue weighted by atomic mass is 10.2. The van der Waals surface area contributed by atoms with Crippen LogP contribution in [0.5, 0.6) is 0 Å². The zero-order chi connectivity index (χ0) is 13.3. The number of nitrogens with zero attached hydrogens (tertiary/aromatic N) is 3. The number of aliphatic hydroxyl groups excluding tert-OH is 1. The normalized spacial score (nSPS) is 11.8. The van der Waals surface area contributed by atoms with Gasteiger partial charge in [0.05, 0.1) is 12.8 Å². The second-order valence-electron chi connectivity index (χ2n) is 3.44. The highest BCUT2D eigenvalue weighted by molar-refractivity contribution is 5.33. The van der Waals surface area contributed by atoms with Crippen molar-refractivity contribution in [3.05, 3.63) is 41.6 Å². The average Bonchev–Trinajstić information content (AvgIpc) is 2.77. The molecule has 1 N–H and O–H groups in total. The second-order valence-corrected chi connectivity index (χ2v) is 3.44. The third kappa shape index (κ3) is 2.33. The molecule has 8 heteroatoms. The molecule has 2 rings (SSSR count). The van der Waals surface area contributed by atoms with E-state index in [0.717, 1.165) is 29.2 Å². The third-order valence-electron chi connectivity index (χ3n) is 2.18. The van der Waals surface area contributed by atoms with Crippen LogP contribution in [-0.2, 0) is 12.8 Å². The maximum absolute atomic E-state index is 12.9. The van der Waals surface area contributed by atoms with Crippen LogP contribution in [0, 0.1) is 5.82 Å². The number of hydrogen-bond donors (Lipinski definition) is 1. The molecular formula is C10H7F4N3O. The van der Waals surface area contributed by atoms with Gasteiger partial charge in [0.25, 0.3) is 0 Å². The largest absolute Gasteiger partial charge is 0.435 e. The molecule has 0 fully saturated rings. The zero-order valence-electron chi connectivity index (χ0n) is 8.82. The lowest BCUT2D eigenvalue weighted by molar-refractivity contribution is -0.141. The van der Waals surface area contributed by atoms with Gasteiger partial charge in [0.15, 0.2) is 11.5 Å². The van der Waals surface area contributed by atoms with Crippen molar-refractivity contribution >= 4 is 0 Å². The summed E-state index contributed by atoms with van der Waals surface area (Å²) in [6.45, 7) is -0.554. The molecule has 2 heterocycles. The fourth-order valence-electron chi connectivity index (χ4n) is 1.39. The maximum atomic E-state index is 12.9. The topological polar surface area (TPSA) is 50.9 Å². The Morgan fingerprint density at radius 3 is 2.61 bits per heavy atom. The van der Waals surface area contributed by atoms with Crippen LogP contribution in [-0.4, -0.2) is 19.9 Å². The summed E-state index contributed by atoms with van der Waals surface area (Å²) in [5.41, 5.74) is -1.04. The minimum Gasteiger partial charge on any atom is -0.392 e. The van der Waals surface area contributed by atoms with E-state index in [1.807, 2.05) is 0 Å². The van der Waals surface area contributed by atoms with Crippen molar-refractivity contribution in [1.82, 2.24) is 14.8 Å². The van der Waals surface area contributed by atoms with Crippen molar-refractivity contribution in [2.75, 3.05) is 0 Å². The first-order valence-electron chi connectivity index (χ1n) is 4.80. The van der Waals surface area contributed by atoms with Gasteiger partial charge in [-0.1, -0.05) is 0 Å². The van der Waals surface area contributed by atoms with E-state index in [0.29, 0.717) is 0 Å². The molecule has 0 amide bonds. The van der Waals surface area contributed by atoms with E-state index in [-0.39, 0.29) is 11.4 Å². The van der Waals surface area contributed by atoms with Gasteiger partial charge in [-0.3, -0.25) is 0 Å². The number of aliphatic hydroxyl groups is 1. The SMILES string of the molecule is OCc1cc(F)cnc1-n1ccc(C(F)(F)F)n1. The molecule has 0 radical (unpaired) electrons. The van der Waals surface area contributed by atoms with Crippen LogP contribution in [0.3, 0.4) is 0 Å². The van der Waals surface area contributed by atoms with Crippen molar-refractivity contribution < 1.29 is 22.7 Å². The van der Waals surface area contributed by atoms with Crippen LogP contribution in [0.25, 0.3) is 5.82 Å². The Hall–Kier alpha value is -1.96. The molecule has 0 aliphatic heterocycles. The maximum Gasteiger partial charge on any atom is 0.435 e. The third-order valence-corrected chi connectivity index (χ3v) is 2.18. The van der Waals surface area contributed by atoms with E-state index in [1.165, 1.54) is 0 Å². The molecule has 96 valence electrons. The Labute approximate surface area is 98.5 Å². The number of halogens is 4. The van der Waals surface area contributed by atoms with E-state index in [2.05, 4.69) is 10.1 Å². The smallest absolute Gasteiger partial charge is 0.392 e. The van der Waals surface area contributed by atoms with Crippen molar-refractivity contribution in [1.29, 1.82) is 0 Å². The minimum absolute atomic E-state index is 0.0469. The van der Waals surface area contributed by atoms with Crippen LogP contribution in [0.15, 0.2) is 24.5 Å². The zero-order valence-corrected chi connectivity index (χ0v) is 8.82. The summed E-state index contributed by atoms with van der Waals surface area (Å²) in [7, 11) is 0. The molecule has 0 bridgehead atoms. The first kappa shape index (κ1) is 12.5. The Morgan fingerprint density at radius 1 is 1.33 bits per heavy atom. The summed E-state index contributed by atoms with van der Waals surface area (Å²) in [5.74, 6) is -0.736. The first-order valence-corrected chi connectivity index (χ1v) is 4.80. The Bertz CT molecular complexity index is 564. The van der Waals surface area contributed by atoms with Crippen molar-refractivity contribution in [3.8, 4) is 5.82 Å². The monoisotopic (exact) mass is 261 g/mol.